The zero-order chi connectivity index (χ0) is 34.0. The lowest BCUT2D eigenvalue weighted by Gasteiger charge is -2.25. The SMILES string of the molecule is CCCc1ccc(NC(=O)c2cc3ccccc3cc2O)cc1.Cc1ccc(-c2ccc(N(c3ccccc3)c3ccccc3)cc2)cc1. The van der Waals surface area contributed by atoms with Crippen LogP contribution in [0.15, 0.2) is 170 Å². The van der Waals surface area contributed by atoms with Crippen LogP contribution in [0.2, 0.25) is 0 Å². The second-order valence-corrected chi connectivity index (χ2v) is 12.0. The molecule has 0 aromatic heterocycles. The number of carbonyl (C=O) groups excluding carboxylic acids is 1. The molecule has 0 aliphatic carbocycles. The quantitative estimate of drug-likeness (QED) is 0.174. The molecule has 0 atom stereocenters. The highest BCUT2D eigenvalue weighted by Crippen LogP contribution is 2.35. The third-order valence-electron chi connectivity index (χ3n) is 8.40. The second-order valence-electron chi connectivity index (χ2n) is 12.0. The number of aryl methyl sites for hydroxylation is 2. The van der Waals surface area contributed by atoms with Crippen molar-refractivity contribution in [2.24, 2.45) is 0 Å². The van der Waals surface area contributed by atoms with Crippen LogP contribution < -0.4 is 10.2 Å². The number of phenols is 1. The topological polar surface area (TPSA) is 52.6 Å². The number of carbonyl (C=O) groups is 1. The molecule has 0 saturated carbocycles. The van der Waals surface area contributed by atoms with E-state index in [1.807, 2.05) is 60.7 Å². The van der Waals surface area contributed by atoms with Gasteiger partial charge in [-0.2, -0.15) is 0 Å². The van der Waals surface area contributed by atoms with E-state index in [2.05, 4.69) is 121 Å². The van der Waals surface area contributed by atoms with E-state index in [4.69, 9.17) is 0 Å². The summed E-state index contributed by atoms with van der Waals surface area (Å²) in [6, 6.07) is 57.2. The van der Waals surface area contributed by atoms with Gasteiger partial charge in [0.2, 0.25) is 0 Å². The standard InChI is InChI=1S/C25H21N.C20H19NO2/c1-20-12-14-21(15-13-20)22-16-18-25(19-17-22)26(23-8-4-2-5-9-23)24-10-6-3-7-11-24;1-2-5-14-8-10-17(11-9-14)21-20(23)18-12-15-6-3-4-7-16(15)13-19(18)22/h2-19H,1H3;3-4,6-13,22H,2,5H2,1H3,(H,21,23). The van der Waals surface area contributed by atoms with Gasteiger partial charge in [-0.25, -0.2) is 0 Å². The highest BCUT2D eigenvalue weighted by molar-refractivity contribution is 6.08. The Bertz CT molecular complexity index is 2070. The molecule has 7 aromatic rings. The number of benzene rings is 7. The smallest absolute Gasteiger partial charge is 0.259 e. The molecule has 0 radical (unpaired) electrons. The monoisotopic (exact) mass is 640 g/mol. The van der Waals surface area contributed by atoms with Crippen LogP contribution in [0.25, 0.3) is 21.9 Å². The molecular weight excluding hydrogens is 601 g/mol. The number of nitrogens with zero attached hydrogens (tertiary/aromatic N) is 1. The van der Waals surface area contributed by atoms with Gasteiger partial charge in [0.1, 0.15) is 5.75 Å². The summed E-state index contributed by atoms with van der Waals surface area (Å²) in [7, 11) is 0. The van der Waals surface area contributed by atoms with Crippen LogP contribution in [0.1, 0.15) is 34.8 Å². The minimum atomic E-state index is -0.309. The Kier molecular flexibility index (Phi) is 10.5. The van der Waals surface area contributed by atoms with Gasteiger partial charge in [0.05, 0.1) is 5.56 Å². The van der Waals surface area contributed by atoms with Gasteiger partial charge < -0.3 is 15.3 Å². The molecule has 1 amide bonds. The number of phenolic OH excluding ortho intramolecular Hbond substituents is 1. The minimum absolute atomic E-state index is 0.0104. The molecule has 7 aromatic carbocycles. The summed E-state index contributed by atoms with van der Waals surface area (Å²) in [5.41, 5.74) is 9.47. The summed E-state index contributed by atoms with van der Waals surface area (Å²) in [6.07, 6.45) is 2.12. The molecule has 4 nitrogen and oxygen atoms in total. The number of rotatable bonds is 8. The first-order valence-corrected chi connectivity index (χ1v) is 16.7. The average Bonchev–Trinajstić information content (AvgIpc) is 3.14. The van der Waals surface area contributed by atoms with E-state index in [1.54, 1.807) is 12.1 Å². The van der Waals surface area contributed by atoms with Crippen LogP contribution in [0.4, 0.5) is 22.7 Å². The van der Waals surface area contributed by atoms with E-state index in [1.165, 1.54) is 22.3 Å². The van der Waals surface area contributed by atoms with Gasteiger partial charge in [0.15, 0.2) is 0 Å². The number of aromatic hydroxyl groups is 1. The van der Waals surface area contributed by atoms with Gasteiger partial charge in [0.25, 0.3) is 5.91 Å². The third-order valence-corrected chi connectivity index (χ3v) is 8.40. The van der Waals surface area contributed by atoms with E-state index in [-0.39, 0.29) is 17.2 Å². The van der Waals surface area contributed by atoms with Crippen LogP contribution in [-0.4, -0.2) is 11.0 Å². The summed E-state index contributed by atoms with van der Waals surface area (Å²) in [5, 5.41) is 14.8. The fourth-order valence-electron chi connectivity index (χ4n) is 5.80. The molecular formula is C45H40N2O2. The van der Waals surface area contributed by atoms with Crippen molar-refractivity contribution in [2.75, 3.05) is 10.2 Å². The predicted molar refractivity (Wildman–Crippen MR) is 205 cm³/mol. The van der Waals surface area contributed by atoms with Crippen LogP contribution in [0.5, 0.6) is 5.75 Å². The van der Waals surface area contributed by atoms with Gasteiger partial charge in [0, 0.05) is 22.7 Å². The maximum absolute atomic E-state index is 12.4. The average molecular weight is 641 g/mol. The highest BCUT2D eigenvalue weighted by Gasteiger charge is 2.13. The lowest BCUT2D eigenvalue weighted by Crippen LogP contribution is -2.12. The summed E-state index contributed by atoms with van der Waals surface area (Å²) in [6.45, 7) is 4.25. The third kappa shape index (κ3) is 8.24. The molecule has 0 fully saturated rings. The normalized spacial score (nSPS) is 10.6. The van der Waals surface area contributed by atoms with Gasteiger partial charge in [-0.1, -0.05) is 128 Å². The van der Waals surface area contributed by atoms with Crippen molar-refractivity contribution < 1.29 is 9.90 Å². The van der Waals surface area contributed by atoms with Crippen LogP contribution >= 0.6 is 0 Å². The molecule has 0 spiro atoms. The van der Waals surface area contributed by atoms with E-state index in [0.29, 0.717) is 0 Å². The molecule has 7 rings (SSSR count). The molecule has 0 saturated heterocycles. The molecule has 4 heteroatoms. The lowest BCUT2D eigenvalue weighted by molar-refractivity contribution is 0.102. The Morgan fingerprint density at radius 2 is 1.08 bits per heavy atom. The van der Waals surface area contributed by atoms with Crippen molar-refractivity contribution in [1.29, 1.82) is 0 Å². The first kappa shape index (κ1) is 32.8. The first-order valence-electron chi connectivity index (χ1n) is 16.7. The van der Waals surface area contributed by atoms with Crippen LogP contribution in [0, 0.1) is 6.92 Å². The van der Waals surface area contributed by atoms with Crippen molar-refractivity contribution in [3.63, 3.8) is 0 Å². The summed E-state index contributed by atoms with van der Waals surface area (Å²) < 4.78 is 0. The van der Waals surface area contributed by atoms with Crippen LogP contribution in [0.3, 0.4) is 0 Å². The number of hydrogen-bond acceptors (Lipinski definition) is 3. The highest BCUT2D eigenvalue weighted by atomic mass is 16.3. The van der Waals surface area contributed by atoms with Gasteiger partial charge in [-0.15, -0.1) is 0 Å². The molecule has 0 heterocycles. The summed E-state index contributed by atoms with van der Waals surface area (Å²) in [5.74, 6) is -0.319. The predicted octanol–water partition coefficient (Wildman–Crippen LogP) is 11.9. The maximum Gasteiger partial charge on any atom is 0.259 e. The van der Waals surface area contributed by atoms with E-state index < -0.39 is 0 Å². The van der Waals surface area contributed by atoms with Crippen molar-refractivity contribution in [3.8, 4) is 16.9 Å². The number of hydrogen-bond donors (Lipinski definition) is 2. The lowest BCUT2D eigenvalue weighted by atomic mass is 10.0. The summed E-state index contributed by atoms with van der Waals surface area (Å²) in [4.78, 5) is 14.7. The second kappa shape index (κ2) is 15.6. The molecule has 49 heavy (non-hydrogen) atoms. The molecule has 0 aliphatic heterocycles. The molecule has 0 unspecified atom stereocenters. The Balaban J connectivity index is 0.000000171. The van der Waals surface area contributed by atoms with E-state index >= 15 is 0 Å². The first-order chi connectivity index (χ1) is 24.0. The summed E-state index contributed by atoms with van der Waals surface area (Å²) >= 11 is 0. The molecule has 2 N–H and O–H groups in total. The Morgan fingerprint density at radius 1 is 0.592 bits per heavy atom. The largest absolute Gasteiger partial charge is 0.507 e. The van der Waals surface area contributed by atoms with Gasteiger partial charge in [-0.05, 0) is 101 Å². The zero-order valence-corrected chi connectivity index (χ0v) is 27.9. The van der Waals surface area contributed by atoms with Crippen LogP contribution in [-0.2, 0) is 6.42 Å². The van der Waals surface area contributed by atoms with Crippen molar-refractivity contribution >= 4 is 39.4 Å². The number of para-hydroxylation sites is 2. The molecule has 0 bridgehead atoms. The fourth-order valence-corrected chi connectivity index (χ4v) is 5.80. The van der Waals surface area contributed by atoms with Crippen molar-refractivity contribution in [3.05, 3.63) is 187 Å². The van der Waals surface area contributed by atoms with Gasteiger partial charge >= 0.3 is 0 Å². The number of nitrogens with one attached hydrogen (secondary N) is 1. The van der Waals surface area contributed by atoms with Gasteiger partial charge in [-0.3, -0.25) is 4.79 Å². The maximum atomic E-state index is 12.4. The Morgan fingerprint density at radius 3 is 1.63 bits per heavy atom. The zero-order valence-electron chi connectivity index (χ0n) is 27.9. The van der Waals surface area contributed by atoms with E-state index in [0.717, 1.165) is 46.4 Å². The van der Waals surface area contributed by atoms with Crippen molar-refractivity contribution in [1.82, 2.24) is 0 Å². The number of amides is 1. The molecule has 0 aliphatic rings. The minimum Gasteiger partial charge on any atom is -0.507 e. The van der Waals surface area contributed by atoms with E-state index in [9.17, 15) is 9.90 Å². The Hall–Kier alpha value is -6.13. The number of anilines is 4. The Labute approximate surface area is 288 Å². The van der Waals surface area contributed by atoms with Crippen molar-refractivity contribution in [2.45, 2.75) is 26.7 Å². The fraction of sp³-hybridized carbons (Fsp3) is 0.0889. The number of fused-ring (bicyclic) bond motifs is 1. The molecule has 242 valence electrons.